The Morgan fingerprint density at radius 1 is 1.15 bits per heavy atom. The highest BCUT2D eigenvalue weighted by atomic mass is 16.5. The van der Waals surface area contributed by atoms with Gasteiger partial charge in [0.2, 0.25) is 0 Å². The van der Waals surface area contributed by atoms with E-state index in [0.717, 1.165) is 16.9 Å². The third-order valence-electron chi connectivity index (χ3n) is 4.91. The van der Waals surface area contributed by atoms with Crippen molar-refractivity contribution in [3.05, 3.63) is 71.9 Å². The maximum atomic E-state index is 12.7. The third-order valence-corrected chi connectivity index (χ3v) is 4.91. The summed E-state index contributed by atoms with van der Waals surface area (Å²) in [6.45, 7) is 1.79. The maximum absolute atomic E-state index is 12.7. The minimum Gasteiger partial charge on any atom is -0.386 e. The molecule has 0 spiro atoms. The molecule has 2 heterocycles. The Labute approximate surface area is 158 Å². The number of nitrogens with zero attached hydrogens (tertiary/aromatic N) is 3. The Morgan fingerprint density at radius 3 is 2.67 bits per heavy atom. The SMILES string of the molecule is COC1CN(C(=O)c2cccc(C3=CN=C(N)CN3c3ccccc3)c2)C1. The highest BCUT2D eigenvalue weighted by Crippen LogP contribution is 2.29. The Kier molecular flexibility index (Phi) is 4.64. The number of hydrogen-bond acceptors (Lipinski definition) is 5. The van der Waals surface area contributed by atoms with Gasteiger partial charge in [0.25, 0.3) is 5.91 Å². The Morgan fingerprint density at radius 2 is 1.93 bits per heavy atom. The van der Waals surface area contributed by atoms with Gasteiger partial charge in [-0.2, -0.15) is 0 Å². The molecule has 1 fully saturated rings. The van der Waals surface area contributed by atoms with Crippen molar-refractivity contribution in [3.8, 4) is 0 Å². The molecule has 2 aromatic rings. The van der Waals surface area contributed by atoms with Gasteiger partial charge in [0.15, 0.2) is 0 Å². The van der Waals surface area contributed by atoms with E-state index in [4.69, 9.17) is 10.5 Å². The van der Waals surface area contributed by atoms with Gasteiger partial charge in [-0.25, -0.2) is 4.99 Å². The van der Waals surface area contributed by atoms with Crippen molar-refractivity contribution in [1.82, 2.24) is 4.90 Å². The van der Waals surface area contributed by atoms with Gasteiger partial charge in [0.05, 0.1) is 24.5 Å². The lowest BCUT2D eigenvalue weighted by molar-refractivity contribution is -0.0191. The molecule has 1 amide bonds. The predicted octanol–water partition coefficient (Wildman–Crippen LogP) is 2.33. The van der Waals surface area contributed by atoms with Gasteiger partial charge in [-0.05, 0) is 24.3 Å². The Hall–Kier alpha value is -3.12. The van der Waals surface area contributed by atoms with E-state index in [0.29, 0.717) is 31.0 Å². The second-order valence-corrected chi connectivity index (χ2v) is 6.71. The number of rotatable bonds is 4. The average Bonchev–Trinajstić information content (AvgIpc) is 2.68. The van der Waals surface area contributed by atoms with Crippen LogP contribution in [0.2, 0.25) is 0 Å². The van der Waals surface area contributed by atoms with Gasteiger partial charge in [0.1, 0.15) is 5.84 Å². The summed E-state index contributed by atoms with van der Waals surface area (Å²) in [6.07, 6.45) is 1.91. The molecule has 2 aromatic carbocycles. The summed E-state index contributed by atoms with van der Waals surface area (Å²) >= 11 is 0. The minimum absolute atomic E-state index is 0.0239. The molecule has 0 radical (unpaired) electrons. The standard InChI is InChI=1S/C21H22N4O2/c1-27-18-12-24(13-18)21(26)16-7-5-6-15(10-16)19-11-23-20(22)14-25(19)17-8-3-2-4-9-17/h2-11,18H,12-14H2,1H3,(H2,22,23). The predicted molar refractivity (Wildman–Crippen MR) is 107 cm³/mol. The number of carbonyl (C=O) groups is 1. The number of nitrogens with two attached hydrogens (primary N) is 1. The molecule has 2 N–H and O–H groups in total. The lowest BCUT2D eigenvalue weighted by Gasteiger charge is -2.38. The van der Waals surface area contributed by atoms with Crippen molar-refractivity contribution < 1.29 is 9.53 Å². The van der Waals surface area contributed by atoms with Crippen LogP contribution in [0.15, 0.2) is 65.8 Å². The molecule has 0 atom stereocenters. The quantitative estimate of drug-likeness (QED) is 0.906. The normalized spacial score (nSPS) is 17.2. The van der Waals surface area contributed by atoms with E-state index in [9.17, 15) is 4.79 Å². The molecule has 0 bridgehead atoms. The van der Waals surface area contributed by atoms with E-state index in [1.807, 2.05) is 54.6 Å². The number of benzene rings is 2. The molecule has 4 rings (SSSR count). The van der Waals surface area contributed by atoms with E-state index in [1.165, 1.54) is 0 Å². The number of hydrogen-bond donors (Lipinski definition) is 1. The first-order valence-corrected chi connectivity index (χ1v) is 8.93. The number of carbonyl (C=O) groups excluding carboxylic acids is 1. The number of anilines is 1. The first-order valence-electron chi connectivity index (χ1n) is 8.93. The third kappa shape index (κ3) is 3.44. The minimum atomic E-state index is 0.0239. The molecular formula is C21H22N4O2. The molecule has 6 heteroatoms. The van der Waals surface area contributed by atoms with Gasteiger partial charge in [0, 0.05) is 37.0 Å². The number of amidine groups is 1. The van der Waals surface area contributed by atoms with E-state index in [2.05, 4.69) is 9.89 Å². The zero-order valence-electron chi connectivity index (χ0n) is 15.2. The van der Waals surface area contributed by atoms with E-state index >= 15 is 0 Å². The fraction of sp³-hybridized carbons (Fsp3) is 0.238. The Bertz CT molecular complexity index is 901. The van der Waals surface area contributed by atoms with Crippen LogP contribution in [0.25, 0.3) is 5.70 Å². The lowest BCUT2D eigenvalue weighted by Crippen LogP contribution is -2.54. The van der Waals surface area contributed by atoms with Crippen molar-refractivity contribution in [2.45, 2.75) is 6.10 Å². The first-order chi connectivity index (χ1) is 13.2. The molecular weight excluding hydrogens is 340 g/mol. The summed E-state index contributed by atoms with van der Waals surface area (Å²) in [4.78, 5) is 20.9. The average molecular weight is 362 g/mol. The number of amides is 1. The van der Waals surface area contributed by atoms with Gasteiger partial charge >= 0.3 is 0 Å². The second-order valence-electron chi connectivity index (χ2n) is 6.71. The highest BCUT2D eigenvalue weighted by Gasteiger charge is 2.31. The van der Waals surface area contributed by atoms with E-state index < -0.39 is 0 Å². The van der Waals surface area contributed by atoms with Crippen LogP contribution in [0.3, 0.4) is 0 Å². The molecule has 0 saturated carbocycles. The van der Waals surface area contributed by atoms with Crippen LogP contribution in [0.4, 0.5) is 5.69 Å². The van der Waals surface area contributed by atoms with Crippen LogP contribution >= 0.6 is 0 Å². The van der Waals surface area contributed by atoms with Crippen molar-refractivity contribution in [2.75, 3.05) is 31.6 Å². The van der Waals surface area contributed by atoms with Gasteiger partial charge in [-0.1, -0.05) is 30.3 Å². The largest absolute Gasteiger partial charge is 0.386 e. The van der Waals surface area contributed by atoms with Crippen LogP contribution in [-0.4, -0.2) is 49.5 Å². The van der Waals surface area contributed by atoms with Crippen molar-refractivity contribution >= 4 is 23.1 Å². The molecule has 138 valence electrons. The highest BCUT2D eigenvalue weighted by molar-refractivity contribution is 5.98. The van der Waals surface area contributed by atoms with Crippen LogP contribution in [0.5, 0.6) is 0 Å². The van der Waals surface area contributed by atoms with Crippen LogP contribution in [-0.2, 0) is 4.74 Å². The van der Waals surface area contributed by atoms with Crippen LogP contribution < -0.4 is 10.6 Å². The molecule has 27 heavy (non-hydrogen) atoms. The summed E-state index contributed by atoms with van der Waals surface area (Å²) in [5, 5.41) is 0. The topological polar surface area (TPSA) is 71.2 Å². The second kappa shape index (κ2) is 7.25. The van der Waals surface area contributed by atoms with Gasteiger partial charge in [-0.3, -0.25) is 4.79 Å². The van der Waals surface area contributed by atoms with Gasteiger partial charge < -0.3 is 20.3 Å². The summed E-state index contributed by atoms with van der Waals surface area (Å²) in [5.41, 5.74) is 9.52. The lowest BCUT2D eigenvalue weighted by atomic mass is 10.0. The van der Waals surface area contributed by atoms with Crippen LogP contribution in [0, 0.1) is 0 Å². The van der Waals surface area contributed by atoms with E-state index in [1.54, 1.807) is 18.2 Å². The monoisotopic (exact) mass is 362 g/mol. The summed E-state index contributed by atoms with van der Waals surface area (Å²) in [5.74, 6) is 0.580. The number of para-hydroxylation sites is 1. The van der Waals surface area contributed by atoms with Crippen molar-refractivity contribution in [1.29, 1.82) is 0 Å². The Balaban J connectivity index is 1.63. The molecule has 0 aromatic heterocycles. The molecule has 0 unspecified atom stereocenters. The first kappa shape index (κ1) is 17.3. The van der Waals surface area contributed by atoms with Crippen LogP contribution in [0.1, 0.15) is 15.9 Å². The maximum Gasteiger partial charge on any atom is 0.254 e. The zero-order chi connectivity index (χ0) is 18.8. The molecule has 2 aliphatic heterocycles. The number of aliphatic imine (C=N–C) groups is 1. The fourth-order valence-electron chi connectivity index (χ4n) is 3.32. The summed E-state index contributed by atoms with van der Waals surface area (Å²) < 4.78 is 5.26. The fourth-order valence-corrected chi connectivity index (χ4v) is 3.32. The number of likely N-dealkylation sites (tertiary alicyclic amines) is 1. The summed E-state index contributed by atoms with van der Waals surface area (Å²) in [6, 6.07) is 17.7. The number of methoxy groups -OCH3 is 1. The smallest absolute Gasteiger partial charge is 0.254 e. The van der Waals surface area contributed by atoms with Crippen molar-refractivity contribution in [3.63, 3.8) is 0 Å². The van der Waals surface area contributed by atoms with Gasteiger partial charge in [-0.15, -0.1) is 0 Å². The summed E-state index contributed by atoms with van der Waals surface area (Å²) in [7, 11) is 1.67. The molecule has 2 aliphatic rings. The number of ether oxygens (including phenoxy) is 1. The van der Waals surface area contributed by atoms with Crippen molar-refractivity contribution in [2.24, 2.45) is 10.7 Å². The molecule has 0 aliphatic carbocycles. The molecule has 1 saturated heterocycles. The molecule has 6 nitrogen and oxygen atoms in total. The van der Waals surface area contributed by atoms with E-state index in [-0.39, 0.29) is 12.0 Å². The zero-order valence-corrected chi connectivity index (χ0v) is 15.2.